The minimum atomic E-state index is -0.178. The molecule has 6 heteroatoms. The van der Waals surface area contributed by atoms with Crippen molar-refractivity contribution in [3.8, 4) is 0 Å². The summed E-state index contributed by atoms with van der Waals surface area (Å²) in [5, 5.41) is 9.13. The largest absolute Gasteiger partial charge is 0.296 e. The summed E-state index contributed by atoms with van der Waals surface area (Å²) in [5.74, 6) is -0.178. The first kappa shape index (κ1) is 9.85. The predicted molar refractivity (Wildman–Crippen MR) is 58.0 cm³/mol. The van der Waals surface area contributed by atoms with Gasteiger partial charge in [0.1, 0.15) is 5.69 Å². The molecule has 0 aliphatic carbocycles. The van der Waals surface area contributed by atoms with Crippen LogP contribution in [-0.2, 0) is 7.05 Å². The second-order valence-corrected chi connectivity index (χ2v) is 3.99. The van der Waals surface area contributed by atoms with Crippen molar-refractivity contribution in [2.45, 2.75) is 6.92 Å². The molecule has 0 saturated carbocycles. The first-order valence-electron chi connectivity index (χ1n) is 4.38. The molecule has 2 rings (SSSR count). The van der Waals surface area contributed by atoms with E-state index in [1.165, 1.54) is 11.3 Å². The minimum absolute atomic E-state index is 0.178. The van der Waals surface area contributed by atoms with Crippen LogP contribution < -0.4 is 5.32 Å². The summed E-state index contributed by atoms with van der Waals surface area (Å²) in [5.41, 5.74) is 1.41. The second-order valence-electron chi connectivity index (χ2n) is 3.09. The van der Waals surface area contributed by atoms with Gasteiger partial charge < -0.3 is 0 Å². The first-order chi connectivity index (χ1) is 7.18. The van der Waals surface area contributed by atoms with Crippen LogP contribution in [0.2, 0.25) is 0 Å². The number of hydrogen-bond donors (Lipinski definition) is 1. The highest BCUT2D eigenvalue weighted by Crippen LogP contribution is 2.13. The van der Waals surface area contributed by atoms with E-state index in [0.29, 0.717) is 10.8 Å². The third-order valence-corrected chi connectivity index (χ3v) is 2.68. The molecule has 0 fully saturated rings. The van der Waals surface area contributed by atoms with Crippen LogP contribution >= 0.6 is 11.3 Å². The summed E-state index contributed by atoms with van der Waals surface area (Å²) in [6.45, 7) is 1.85. The highest BCUT2D eigenvalue weighted by molar-refractivity contribution is 7.13. The maximum absolute atomic E-state index is 11.8. The molecular formula is C9H10N4OS. The van der Waals surface area contributed by atoms with Crippen molar-refractivity contribution in [1.82, 2.24) is 14.8 Å². The number of rotatable bonds is 2. The van der Waals surface area contributed by atoms with Gasteiger partial charge in [-0.1, -0.05) is 0 Å². The zero-order valence-electron chi connectivity index (χ0n) is 8.39. The molecular weight excluding hydrogens is 212 g/mol. The fourth-order valence-electron chi connectivity index (χ4n) is 1.31. The Bertz CT molecular complexity index is 455. The van der Waals surface area contributed by atoms with Gasteiger partial charge in [-0.05, 0) is 12.5 Å². The molecule has 15 heavy (non-hydrogen) atoms. The monoisotopic (exact) mass is 222 g/mol. The van der Waals surface area contributed by atoms with Gasteiger partial charge in [-0.2, -0.15) is 5.10 Å². The van der Waals surface area contributed by atoms with E-state index < -0.39 is 0 Å². The molecule has 0 spiro atoms. The van der Waals surface area contributed by atoms with Gasteiger partial charge in [0.25, 0.3) is 5.91 Å². The van der Waals surface area contributed by atoms with E-state index in [9.17, 15) is 4.79 Å². The van der Waals surface area contributed by atoms with Gasteiger partial charge in [-0.25, -0.2) is 4.98 Å². The molecule has 1 N–H and O–H groups in total. The van der Waals surface area contributed by atoms with E-state index in [1.54, 1.807) is 24.1 Å². The smallest absolute Gasteiger partial charge is 0.275 e. The van der Waals surface area contributed by atoms with Crippen LogP contribution in [-0.4, -0.2) is 20.7 Å². The van der Waals surface area contributed by atoms with Crippen molar-refractivity contribution in [3.05, 3.63) is 29.0 Å². The van der Waals surface area contributed by atoms with Gasteiger partial charge in [-0.15, -0.1) is 11.3 Å². The molecule has 2 aromatic heterocycles. The lowest BCUT2D eigenvalue weighted by atomic mass is 10.2. The van der Waals surface area contributed by atoms with Gasteiger partial charge in [0, 0.05) is 18.6 Å². The lowest BCUT2D eigenvalue weighted by molar-refractivity contribution is 0.101. The van der Waals surface area contributed by atoms with Gasteiger partial charge in [0.05, 0.1) is 6.20 Å². The molecule has 0 saturated heterocycles. The van der Waals surface area contributed by atoms with Crippen LogP contribution in [0.25, 0.3) is 0 Å². The number of carbonyl (C=O) groups excluding carboxylic acids is 1. The molecule has 0 aromatic carbocycles. The average Bonchev–Trinajstić information content (AvgIpc) is 2.77. The highest BCUT2D eigenvalue weighted by atomic mass is 32.1. The van der Waals surface area contributed by atoms with Crippen molar-refractivity contribution in [1.29, 1.82) is 0 Å². The number of thiazole rings is 1. The van der Waals surface area contributed by atoms with Crippen LogP contribution in [0.5, 0.6) is 0 Å². The predicted octanol–water partition coefficient (Wildman–Crippen LogP) is 1.44. The molecule has 5 nitrogen and oxygen atoms in total. The number of aryl methyl sites for hydroxylation is 2. The number of hydrogen-bond acceptors (Lipinski definition) is 4. The Labute approximate surface area is 90.8 Å². The number of nitrogens with one attached hydrogen (secondary N) is 1. The average molecular weight is 222 g/mol. The summed E-state index contributed by atoms with van der Waals surface area (Å²) in [4.78, 5) is 15.8. The Kier molecular flexibility index (Phi) is 2.51. The lowest BCUT2D eigenvalue weighted by Gasteiger charge is -2.02. The molecule has 1 amide bonds. The fraction of sp³-hybridized carbons (Fsp3) is 0.222. The molecule has 0 aliphatic rings. The molecule has 0 atom stereocenters. The topological polar surface area (TPSA) is 59.8 Å². The van der Waals surface area contributed by atoms with Crippen LogP contribution in [0.4, 0.5) is 5.13 Å². The second kappa shape index (κ2) is 3.82. The summed E-state index contributed by atoms with van der Waals surface area (Å²) in [7, 11) is 1.74. The third kappa shape index (κ3) is 1.89. The maximum Gasteiger partial charge on any atom is 0.275 e. The van der Waals surface area contributed by atoms with Crippen molar-refractivity contribution in [2.24, 2.45) is 7.05 Å². The lowest BCUT2D eigenvalue weighted by Crippen LogP contribution is -2.17. The zero-order valence-corrected chi connectivity index (χ0v) is 9.21. The minimum Gasteiger partial charge on any atom is -0.296 e. The van der Waals surface area contributed by atoms with E-state index in [2.05, 4.69) is 15.4 Å². The first-order valence-corrected chi connectivity index (χ1v) is 5.26. The van der Waals surface area contributed by atoms with Crippen LogP contribution in [0.1, 0.15) is 16.1 Å². The van der Waals surface area contributed by atoms with Gasteiger partial charge >= 0.3 is 0 Å². The number of nitrogens with zero attached hydrogens (tertiary/aromatic N) is 3. The third-order valence-electron chi connectivity index (χ3n) is 1.99. The quantitative estimate of drug-likeness (QED) is 0.836. The molecule has 2 aromatic rings. The summed E-state index contributed by atoms with van der Waals surface area (Å²) >= 11 is 1.39. The highest BCUT2D eigenvalue weighted by Gasteiger charge is 2.14. The SMILES string of the molecule is Cc1cnn(C)c1C(=O)Nc1nccs1. The Hall–Kier alpha value is -1.69. The van der Waals surface area contributed by atoms with E-state index in [4.69, 9.17) is 0 Å². The van der Waals surface area contributed by atoms with E-state index in [1.807, 2.05) is 12.3 Å². The van der Waals surface area contributed by atoms with Gasteiger partial charge in [0.2, 0.25) is 0 Å². The standard InChI is InChI=1S/C9H10N4OS/c1-6-5-11-13(2)7(6)8(14)12-9-10-3-4-15-9/h3-5H,1-2H3,(H,10,12,14). The van der Waals surface area contributed by atoms with Crippen molar-refractivity contribution in [3.63, 3.8) is 0 Å². The Balaban J connectivity index is 2.22. The normalized spacial score (nSPS) is 10.3. The van der Waals surface area contributed by atoms with Crippen LogP contribution in [0.3, 0.4) is 0 Å². The van der Waals surface area contributed by atoms with E-state index in [-0.39, 0.29) is 5.91 Å². The molecule has 0 radical (unpaired) electrons. The number of carbonyl (C=O) groups is 1. The van der Waals surface area contributed by atoms with E-state index in [0.717, 1.165) is 5.56 Å². The summed E-state index contributed by atoms with van der Waals surface area (Å²) in [6, 6.07) is 0. The zero-order chi connectivity index (χ0) is 10.8. The fourth-order valence-corrected chi connectivity index (χ4v) is 1.84. The number of amides is 1. The Morgan fingerprint density at radius 2 is 2.40 bits per heavy atom. The molecule has 0 unspecified atom stereocenters. The van der Waals surface area contributed by atoms with Crippen LogP contribution in [0.15, 0.2) is 17.8 Å². The van der Waals surface area contributed by atoms with Crippen molar-refractivity contribution in [2.75, 3.05) is 5.32 Å². The summed E-state index contributed by atoms with van der Waals surface area (Å²) < 4.78 is 1.55. The Morgan fingerprint density at radius 3 is 2.93 bits per heavy atom. The van der Waals surface area contributed by atoms with Crippen molar-refractivity contribution >= 4 is 22.4 Å². The number of anilines is 1. The molecule has 2 heterocycles. The van der Waals surface area contributed by atoms with E-state index >= 15 is 0 Å². The summed E-state index contributed by atoms with van der Waals surface area (Å²) in [6.07, 6.45) is 3.31. The van der Waals surface area contributed by atoms with Crippen LogP contribution in [0, 0.1) is 6.92 Å². The molecule has 78 valence electrons. The Morgan fingerprint density at radius 1 is 1.60 bits per heavy atom. The van der Waals surface area contributed by atoms with Crippen molar-refractivity contribution < 1.29 is 4.79 Å². The number of aromatic nitrogens is 3. The molecule has 0 aliphatic heterocycles. The van der Waals surface area contributed by atoms with Gasteiger partial charge in [0.15, 0.2) is 5.13 Å². The maximum atomic E-state index is 11.8. The molecule has 0 bridgehead atoms. The van der Waals surface area contributed by atoms with Gasteiger partial charge in [-0.3, -0.25) is 14.8 Å².